The van der Waals surface area contributed by atoms with Gasteiger partial charge >= 0.3 is 0 Å². The predicted octanol–water partition coefficient (Wildman–Crippen LogP) is 2.36. The Morgan fingerprint density at radius 1 is 1.44 bits per heavy atom. The maximum atomic E-state index is 11.3. The summed E-state index contributed by atoms with van der Waals surface area (Å²) in [6, 6.07) is 0. The van der Waals surface area contributed by atoms with Crippen LogP contribution in [0.4, 0.5) is 5.13 Å². The van der Waals surface area contributed by atoms with Crippen LogP contribution in [-0.4, -0.2) is 16.7 Å². The molecule has 0 unspecified atom stereocenters. The van der Waals surface area contributed by atoms with Crippen LogP contribution in [0.15, 0.2) is 5.38 Å². The Kier molecular flexibility index (Phi) is 3.80. The van der Waals surface area contributed by atoms with Crippen molar-refractivity contribution in [1.29, 1.82) is 0 Å². The van der Waals surface area contributed by atoms with Crippen molar-refractivity contribution >= 4 is 28.2 Å². The minimum atomic E-state index is -0.303. The first-order chi connectivity index (χ1) is 7.29. The second kappa shape index (κ2) is 4.74. The van der Waals surface area contributed by atoms with Gasteiger partial charge in [0.25, 0.3) is 0 Å². The lowest BCUT2D eigenvalue weighted by atomic mass is 9.93. The number of Topliss-reactive ketones (excluding diaryl/α,β-unsaturated/α-hetero) is 1. The highest BCUT2D eigenvalue weighted by Gasteiger charge is 2.18. The van der Waals surface area contributed by atoms with E-state index >= 15 is 0 Å². The van der Waals surface area contributed by atoms with E-state index in [0.717, 1.165) is 5.69 Å². The van der Waals surface area contributed by atoms with Crippen molar-refractivity contribution < 1.29 is 9.59 Å². The molecule has 0 aliphatic heterocycles. The van der Waals surface area contributed by atoms with Gasteiger partial charge in [0.05, 0.1) is 12.1 Å². The number of carbonyl (C=O) groups is 2. The third kappa shape index (κ3) is 3.73. The molecule has 0 aromatic carbocycles. The number of amides is 1. The zero-order valence-corrected chi connectivity index (χ0v) is 10.8. The van der Waals surface area contributed by atoms with Gasteiger partial charge in [-0.05, 0) is 6.92 Å². The molecule has 0 aliphatic carbocycles. The topological polar surface area (TPSA) is 59.1 Å². The molecule has 0 radical (unpaired) electrons. The van der Waals surface area contributed by atoms with E-state index in [1.54, 1.807) is 0 Å². The van der Waals surface area contributed by atoms with Crippen molar-refractivity contribution in [3.8, 4) is 0 Å². The molecule has 0 saturated heterocycles. The molecule has 5 heteroatoms. The van der Waals surface area contributed by atoms with Gasteiger partial charge in [-0.25, -0.2) is 4.98 Å². The highest BCUT2D eigenvalue weighted by atomic mass is 32.1. The smallest absolute Gasteiger partial charge is 0.233 e. The van der Waals surface area contributed by atoms with Gasteiger partial charge in [0.1, 0.15) is 5.78 Å². The minimum absolute atomic E-state index is 0.0277. The zero-order valence-electron chi connectivity index (χ0n) is 9.96. The number of hydrogen-bond acceptors (Lipinski definition) is 4. The predicted molar refractivity (Wildman–Crippen MR) is 64.7 cm³/mol. The van der Waals surface area contributed by atoms with E-state index in [1.807, 2.05) is 5.38 Å². The summed E-state index contributed by atoms with van der Waals surface area (Å²) in [5.41, 5.74) is 0.913. The Balaban J connectivity index is 2.66. The fourth-order valence-electron chi connectivity index (χ4n) is 1.07. The first kappa shape index (κ1) is 12.8. The van der Waals surface area contributed by atoms with Crippen molar-refractivity contribution in [3.63, 3.8) is 0 Å². The Morgan fingerprint density at radius 3 is 2.50 bits per heavy atom. The third-order valence-corrected chi connectivity index (χ3v) is 2.69. The van der Waals surface area contributed by atoms with E-state index < -0.39 is 0 Å². The van der Waals surface area contributed by atoms with Gasteiger partial charge in [0, 0.05) is 10.8 Å². The molecule has 16 heavy (non-hydrogen) atoms. The van der Waals surface area contributed by atoms with E-state index in [0.29, 0.717) is 5.13 Å². The molecular formula is C11H16N2O2S. The average molecular weight is 240 g/mol. The van der Waals surface area contributed by atoms with E-state index in [2.05, 4.69) is 31.1 Å². The number of hydrogen-bond donors (Lipinski definition) is 1. The first-order valence-corrected chi connectivity index (χ1v) is 5.92. The van der Waals surface area contributed by atoms with Gasteiger partial charge < -0.3 is 5.32 Å². The van der Waals surface area contributed by atoms with Crippen LogP contribution in [0, 0.1) is 0 Å². The summed E-state index contributed by atoms with van der Waals surface area (Å²) in [5.74, 6) is -0.451. The van der Waals surface area contributed by atoms with Crippen LogP contribution in [0.25, 0.3) is 0 Å². The van der Waals surface area contributed by atoms with E-state index in [-0.39, 0.29) is 23.5 Å². The summed E-state index contributed by atoms with van der Waals surface area (Å²) in [6.07, 6.45) is -0.0928. The molecule has 0 fully saturated rings. The lowest BCUT2D eigenvalue weighted by molar-refractivity contribution is -0.124. The van der Waals surface area contributed by atoms with Crippen LogP contribution in [0.3, 0.4) is 0 Å². The van der Waals surface area contributed by atoms with Crippen LogP contribution in [0.2, 0.25) is 0 Å². The van der Waals surface area contributed by atoms with Crippen LogP contribution < -0.4 is 5.32 Å². The lowest BCUT2D eigenvalue weighted by Gasteiger charge is -2.14. The molecule has 1 rings (SSSR count). The Morgan fingerprint density at radius 2 is 2.06 bits per heavy atom. The summed E-state index contributed by atoms with van der Waals surface area (Å²) >= 11 is 1.38. The van der Waals surface area contributed by atoms with Crippen molar-refractivity contribution in [2.45, 2.75) is 39.5 Å². The number of carbonyl (C=O) groups excluding carboxylic acids is 2. The summed E-state index contributed by atoms with van der Waals surface area (Å²) in [7, 11) is 0. The number of nitrogens with one attached hydrogen (secondary N) is 1. The fourth-order valence-corrected chi connectivity index (χ4v) is 2.02. The second-order valence-corrected chi connectivity index (χ2v) is 5.57. The highest BCUT2D eigenvalue weighted by molar-refractivity contribution is 7.13. The molecule has 0 saturated carbocycles. The molecule has 0 atom stereocenters. The summed E-state index contributed by atoms with van der Waals surface area (Å²) in [6.45, 7) is 7.57. The number of ketones is 1. The summed E-state index contributed by atoms with van der Waals surface area (Å²) in [5, 5.41) is 5.09. The van der Waals surface area contributed by atoms with Crippen molar-refractivity contribution in [3.05, 3.63) is 11.1 Å². The van der Waals surface area contributed by atoms with Crippen LogP contribution in [-0.2, 0) is 15.0 Å². The van der Waals surface area contributed by atoms with E-state index in [9.17, 15) is 9.59 Å². The fraction of sp³-hybridized carbons (Fsp3) is 0.545. The number of thiazole rings is 1. The average Bonchev–Trinajstić information content (AvgIpc) is 2.49. The molecular weight excluding hydrogens is 224 g/mol. The molecule has 1 aromatic heterocycles. The maximum Gasteiger partial charge on any atom is 0.233 e. The largest absolute Gasteiger partial charge is 0.302 e. The lowest BCUT2D eigenvalue weighted by Crippen LogP contribution is -2.15. The van der Waals surface area contributed by atoms with Gasteiger partial charge in [-0.1, -0.05) is 20.8 Å². The number of rotatable bonds is 3. The molecule has 4 nitrogen and oxygen atoms in total. The molecule has 1 N–H and O–H groups in total. The Bertz CT molecular complexity index is 404. The number of nitrogens with zero attached hydrogens (tertiary/aromatic N) is 1. The monoisotopic (exact) mass is 240 g/mol. The van der Waals surface area contributed by atoms with Gasteiger partial charge in [-0.3, -0.25) is 9.59 Å². The molecule has 1 amide bonds. The molecule has 0 spiro atoms. The molecule has 1 heterocycles. The van der Waals surface area contributed by atoms with Crippen LogP contribution in [0.5, 0.6) is 0 Å². The van der Waals surface area contributed by atoms with E-state index in [1.165, 1.54) is 18.3 Å². The highest BCUT2D eigenvalue weighted by Crippen LogP contribution is 2.26. The minimum Gasteiger partial charge on any atom is -0.302 e. The summed E-state index contributed by atoms with van der Waals surface area (Å²) < 4.78 is 0. The summed E-state index contributed by atoms with van der Waals surface area (Å²) in [4.78, 5) is 26.4. The van der Waals surface area contributed by atoms with Crippen LogP contribution >= 0.6 is 11.3 Å². The molecule has 88 valence electrons. The van der Waals surface area contributed by atoms with Crippen LogP contribution in [0.1, 0.15) is 39.8 Å². The quantitative estimate of drug-likeness (QED) is 0.825. The number of aromatic nitrogens is 1. The Labute approximate surface area is 99.1 Å². The molecule has 0 bridgehead atoms. The van der Waals surface area contributed by atoms with Gasteiger partial charge in [-0.2, -0.15) is 0 Å². The standard InChI is InChI=1S/C11H16N2O2S/c1-7(14)5-9(15)13-10-12-8(6-16-10)11(2,3)4/h6H,5H2,1-4H3,(H,12,13,15). The maximum absolute atomic E-state index is 11.3. The second-order valence-electron chi connectivity index (χ2n) is 4.71. The van der Waals surface area contributed by atoms with Gasteiger partial charge in [0.2, 0.25) is 5.91 Å². The number of anilines is 1. The van der Waals surface area contributed by atoms with Crippen molar-refractivity contribution in [2.24, 2.45) is 0 Å². The third-order valence-electron chi connectivity index (χ3n) is 1.93. The Hall–Kier alpha value is -1.23. The molecule has 1 aromatic rings. The van der Waals surface area contributed by atoms with E-state index in [4.69, 9.17) is 0 Å². The van der Waals surface area contributed by atoms with Gasteiger partial charge in [0.15, 0.2) is 5.13 Å². The van der Waals surface area contributed by atoms with Crippen molar-refractivity contribution in [2.75, 3.05) is 5.32 Å². The molecule has 0 aliphatic rings. The van der Waals surface area contributed by atoms with Crippen molar-refractivity contribution in [1.82, 2.24) is 4.98 Å². The normalized spacial score (nSPS) is 11.2. The zero-order chi connectivity index (χ0) is 12.3. The SMILES string of the molecule is CC(=O)CC(=O)Nc1nc(C(C)(C)C)cs1. The first-order valence-electron chi connectivity index (χ1n) is 5.04. The van der Waals surface area contributed by atoms with Gasteiger partial charge in [-0.15, -0.1) is 11.3 Å².